The first-order chi connectivity index (χ1) is 9.68. The van der Waals surface area contributed by atoms with Crippen LogP contribution in [0.2, 0.25) is 0 Å². The number of hydrogen-bond donors (Lipinski definition) is 1. The molecule has 3 nitrogen and oxygen atoms in total. The molecule has 0 saturated heterocycles. The third kappa shape index (κ3) is 3.34. The minimum atomic E-state index is -4.56. The molecule has 0 saturated carbocycles. The Morgan fingerprint density at radius 2 is 1.86 bits per heavy atom. The number of nitrogens with one attached hydrogen (secondary N) is 1. The van der Waals surface area contributed by atoms with Crippen molar-refractivity contribution in [1.82, 2.24) is 9.78 Å². The normalized spacial score (nSPS) is 11.8. The summed E-state index contributed by atoms with van der Waals surface area (Å²) in [5, 5.41) is 7.20. The molecule has 0 fully saturated rings. The lowest BCUT2D eigenvalue weighted by Crippen LogP contribution is -2.08. The van der Waals surface area contributed by atoms with Gasteiger partial charge >= 0.3 is 6.18 Å². The Labute approximate surface area is 119 Å². The quantitative estimate of drug-likeness (QED) is 0.874. The van der Waals surface area contributed by atoms with Gasteiger partial charge in [-0.3, -0.25) is 4.68 Å². The summed E-state index contributed by atoms with van der Waals surface area (Å²) in [6.07, 6.45) is -4.56. The van der Waals surface area contributed by atoms with Gasteiger partial charge in [0.25, 0.3) is 0 Å². The SMILES string of the molecule is Cc1nn(C)c(C)c1NCc1cc(F)cc(C(F)(F)F)c1. The molecule has 0 aliphatic heterocycles. The van der Waals surface area contributed by atoms with Gasteiger partial charge in [0.1, 0.15) is 5.82 Å². The fourth-order valence-electron chi connectivity index (χ4n) is 2.14. The van der Waals surface area contributed by atoms with Crippen LogP contribution in [0, 0.1) is 19.7 Å². The first-order valence-corrected chi connectivity index (χ1v) is 6.29. The monoisotopic (exact) mass is 301 g/mol. The number of benzene rings is 1. The van der Waals surface area contributed by atoms with Crippen LogP contribution in [0.5, 0.6) is 0 Å². The van der Waals surface area contributed by atoms with Crippen molar-refractivity contribution in [3.05, 3.63) is 46.5 Å². The second-order valence-corrected chi connectivity index (χ2v) is 4.87. The molecule has 1 aromatic heterocycles. The van der Waals surface area contributed by atoms with E-state index in [9.17, 15) is 17.6 Å². The van der Waals surface area contributed by atoms with Crippen molar-refractivity contribution >= 4 is 5.69 Å². The summed E-state index contributed by atoms with van der Waals surface area (Å²) in [5.41, 5.74) is 1.58. The highest BCUT2D eigenvalue weighted by Crippen LogP contribution is 2.30. The molecule has 1 aromatic carbocycles. The third-order valence-corrected chi connectivity index (χ3v) is 3.26. The van der Waals surface area contributed by atoms with Crippen LogP contribution in [0.4, 0.5) is 23.2 Å². The highest BCUT2D eigenvalue weighted by Gasteiger charge is 2.31. The van der Waals surface area contributed by atoms with E-state index in [-0.39, 0.29) is 12.1 Å². The second kappa shape index (κ2) is 5.38. The van der Waals surface area contributed by atoms with Gasteiger partial charge in [-0.2, -0.15) is 18.3 Å². The minimum Gasteiger partial charge on any atom is -0.378 e. The second-order valence-electron chi connectivity index (χ2n) is 4.87. The third-order valence-electron chi connectivity index (χ3n) is 3.26. The van der Waals surface area contributed by atoms with Crippen LogP contribution in [0.1, 0.15) is 22.5 Å². The summed E-state index contributed by atoms with van der Waals surface area (Å²) in [6, 6.07) is 2.52. The van der Waals surface area contributed by atoms with E-state index >= 15 is 0 Å². The van der Waals surface area contributed by atoms with Crippen molar-refractivity contribution in [2.75, 3.05) is 5.32 Å². The van der Waals surface area contributed by atoms with Gasteiger partial charge in [-0.25, -0.2) is 4.39 Å². The molecule has 0 aliphatic rings. The molecule has 21 heavy (non-hydrogen) atoms. The molecule has 0 spiro atoms. The largest absolute Gasteiger partial charge is 0.416 e. The van der Waals surface area contributed by atoms with Crippen LogP contribution < -0.4 is 5.32 Å². The van der Waals surface area contributed by atoms with Crippen LogP contribution in [-0.2, 0) is 19.8 Å². The number of hydrogen-bond acceptors (Lipinski definition) is 2. The summed E-state index contributed by atoms with van der Waals surface area (Å²) >= 11 is 0. The van der Waals surface area contributed by atoms with Crippen LogP contribution in [0.15, 0.2) is 18.2 Å². The standard InChI is InChI=1S/C14H15F4N3/c1-8-13(9(2)21(3)20-8)19-7-10-4-11(14(16,17)18)6-12(15)5-10/h4-6,19H,7H2,1-3H3. The number of alkyl halides is 3. The smallest absolute Gasteiger partial charge is 0.378 e. The van der Waals surface area contributed by atoms with Crippen molar-refractivity contribution in [2.24, 2.45) is 7.05 Å². The molecule has 1 heterocycles. The molecule has 114 valence electrons. The van der Waals surface area contributed by atoms with Gasteiger partial charge in [0.05, 0.1) is 22.6 Å². The number of aryl methyl sites for hydroxylation is 2. The zero-order chi connectivity index (χ0) is 15.8. The molecule has 0 amide bonds. The molecule has 1 N–H and O–H groups in total. The van der Waals surface area contributed by atoms with Gasteiger partial charge in [0, 0.05) is 13.6 Å². The van der Waals surface area contributed by atoms with Crippen LogP contribution in [0.3, 0.4) is 0 Å². The molecule has 0 unspecified atom stereocenters. The van der Waals surface area contributed by atoms with Gasteiger partial charge in [0.15, 0.2) is 0 Å². The molecule has 7 heteroatoms. The lowest BCUT2D eigenvalue weighted by atomic mass is 10.1. The van der Waals surface area contributed by atoms with Crippen LogP contribution in [0.25, 0.3) is 0 Å². The molecular formula is C14H15F4N3. The summed E-state index contributed by atoms with van der Waals surface area (Å²) in [4.78, 5) is 0. The Morgan fingerprint density at radius 3 is 2.38 bits per heavy atom. The van der Waals surface area contributed by atoms with Crippen molar-refractivity contribution in [2.45, 2.75) is 26.6 Å². The Morgan fingerprint density at radius 1 is 1.19 bits per heavy atom. The maximum absolute atomic E-state index is 13.3. The van der Waals surface area contributed by atoms with Gasteiger partial charge in [-0.15, -0.1) is 0 Å². The topological polar surface area (TPSA) is 29.9 Å². The zero-order valence-corrected chi connectivity index (χ0v) is 11.8. The number of anilines is 1. The lowest BCUT2D eigenvalue weighted by Gasteiger charge is -2.11. The zero-order valence-electron chi connectivity index (χ0n) is 11.8. The maximum atomic E-state index is 13.3. The average molecular weight is 301 g/mol. The van der Waals surface area contributed by atoms with E-state index in [1.54, 1.807) is 18.7 Å². The van der Waals surface area contributed by atoms with Gasteiger partial charge < -0.3 is 5.32 Å². The van der Waals surface area contributed by atoms with Gasteiger partial charge in [0.2, 0.25) is 0 Å². The van der Waals surface area contributed by atoms with E-state index in [0.717, 1.165) is 29.2 Å². The van der Waals surface area contributed by atoms with E-state index in [2.05, 4.69) is 10.4 Å². The number of aromatic nitrogens is 2. The number of nitrogens with zero attached hydrogens (tertiary/aromatic N) is 2. The van der Waals surface area contributed by atoms with E-state index < -0.39 is 17.6 Å². The van der Waals surface area contributed by atoms with E-state index in [0.29, 0.717) is 6.07 Å². The minimum absolute atomic E-state index is 0.0915. The molecule has 0 bridgehead atoms. The van der Waals surface area contributed by atoms with Crippen molar-refractivity contribution < 1.29 is 17.6 Å². The number of rotatable bonds is 3. The Hall–Kier alpha value is -2.05. The fraction of sp³-hybridized carbons (Fsp3) is 0.357. The predicted molar refractivity (Wildman–Crippen MR) is 71.4 cm³/mol. The van der Waals surface area contributed by atoms with Crippen LogP contribution in [-0.4, -0.2) is 9.78 Å². The Kier molecular flexibility index (Phi) is 3.93. The molecule has 0 atom stereocenters. The summed E-state index contributed by atoms with van der Waals surface area (Å²) in [5.74, 6) is -0.902. The fourth-order valence-corrected chi connectivity index (χ4v) is 2.14. The first-order valence-electron chi connectivity index (χ1n) is 6.29. The molecule has 2 rings (SSSR count). The maximum Gasteiger partial charge on any atom is 0.416 e. The van der Waals surface area contributed by atoms with Gasteiger partial charge in [-0.1, -0.05) is 0 Å². The first kappa shape index (κ1) is 15.3. The van der Waals surface area contributed by atoms with Crippen LogP contribution >= 0.6 is 0 Å². The molecule has 0 radical (unpaired) electrons. The Balaban J connectivity index is 2.22. The average Bonchev–Trinajstić information content (AvgIpc) is 2.59. The number of halogens is 4. The van der Waals surface area contributed by atoms with E-state index in [1.807, 2.05) is 6.92 Å². The van der Waals surface area contributed by atoms with Crippen molar-refractivity contribution in [1.29, 1.82) is 0 Å². The van der Waals surface area contributed by atoms with Crippen molar-refractivity contribution in [3.8, 4) is 0 Å². The lowest BCUT2D eigenvalue weighted by molar-refractivity contribution is -0.137. The highest BCUT2D eigenvalue weighted by atomic mass is 19.4. The molecular weight excluding hydrogens is 286 g/mol. The van der Waals surface area contributed by atoms with E-state index in [4.69, 9.17) is 0 Å². The summed E-state index contributed by atoms with van der Waals surface area (Å²) < 4.78 is 52.9. The molecule has 2 aromatic rings. The summed E-state index contributed by atoms with van der Waals surface area (Å²) in [7, 11) is 1.78. The molecule has 0 aliphatic carbocycles. The van der Waals surface area contributed by atoms with E-state index in [1.165, 1.54) is 0 Å². The predicted octanol–water partition coefficient (Wildman–Crippen LogP) is 3.81. The highest BCUT2D eigenvalue weighted by molar-refractivity contribution is 5.52. The summed E-state index contributed by atoms with van der Waals surface area (Å²) in [6.45, 7) is 3.73. The van der Waals surface area contributed by atoms with Gasteiger partial charge in [-0.05, 0) is 37.6 Å². The van der Waals surface area contributed by atoms with Crippen molar-refractivity contribution in [3.63, 3.8) is 0 Å². The Bertz CT molecular complexity index is 659.